The fraction of sp³-hybridized carbons (Fsp3) is 0.407. The predicted octanol–water partition coefficient (Wildman–Crippen LogP) is 3.60. The molecule has 0 bridgehead atoms. The molecule has 4 aromatic rings. The van der Waals surface area contributed by atoms with Crippen molar-refractivity contribution in [1.82, 2.24) is 19.9 Å². The highest BCUT2D eigenvalue weighted by Crippen LogP contribution is 2.44. The first-order valence-corrected chi connectivity index (χ1v) is 13.6. The zero-order valence-corrected chi connectivity index (χ0v) is 21.6. The summed E-state index contributed by atoms with van der Waals surface area (Å²) >= 11 is 1.54. The van der Waals surface area contributed by atoms with Gasteiger partial charge in [-0.3, -0.25) is 4.98 Å². The number of aryl methyl sites for hydroxylation is 1. The number of halogens is 1. The van der Waals surface area contributed by atoms with Crippen molar-refractivity contribution in [2.24, 2.45) is 5.92 Å². The van der Waals surface area contributed by atoms with E-state index in [2.05, 4.69) is 20.6 Å². The summed E-state index contributed by atoms with van der Waals surface area (Å²) in [6.07, 6.45) is 2.36. The molecule has 2 saturated carbocycles. The van der Waals surface area contributed by atoms with Crippen LogP contribution >= 0.6 is 11.3 Å². The van der Waals surface area contributed by atoms with Crippen molar-refractivity contribution in [2.45, 2.75) is 56.9 Å². The van der Waals surface area contributed by atoms with E-state index in [9.17, 15) is 19.7 Å². The topological polar surface area (TPSA) is 136 Å². The molecule has 11 heteroatoms. The molecule has 0 radical (unpaired) electrons. The lowest BCUT2D eigenvalue weighted by Crippen LogP contribution is -2.35. The van der Waals surface area contributed by atoms with Crippen LogP contribution in [0.5, 0.6) is 0 Å². The SMILES string of the molecule is Cc1nc(NCc2ccc(F)cc2)nc(N[C@@H]2C[C@H](CO)[C@@H](O)[C@H]2O)c1-c1nc2c(C3CC3)nccc2s1. The average molecular weight is 537 g/mol. The van der Waals surface area contributed by atoms with E-state index in [1.54, 1.807) is 23.5 Å². The third kappa shape index (κ3) is 4.82. The third-order valence-electron chi connectivity index (χ3n) is 7.33. The molecular formula is C27H29FN6O3S. The summed E-state index contributed by atoms with van der Waals surface area (Å²) < 4.78 is 14.3. The van der Waals surface area contributed by atoms with Crippen LogP contribution in [0.25, 0.3) is 20.8 Å². The van der Waals surface area contributed by atoms with E-state index >= 15 is 0 Å². The van der Waals surface area contributed by atoms with Crippen LogP contribution in [0.15, 0.2) is 36.5 Å². The maximum atomic E-state index is 13.3. The van der Waals surface area contributed by atoms with Gasteiger partial charge in [0.05, 0.1) is 33.8 Å². The van der Waals surface area contributed by atoms with Gasteiger partial charge in [-0.25, -0.2) is 14.4 Å². The lowest BCUT2D eigenvalue weighted by atomic mass is 10.1. The minimum absolute atomic E-state index is 0.217. The number of thiazole rings is 1. The molecule has 5 N–H and O–H groups in total. The Hall–Kier alpha value is -3.25. The highest BCUT2D eigenvalue weighted by Gasteiger charge is 2.41. The molecule has 2 aliphatic rings. The second-order valence-corrected chi connectivity index (χ2v) is 11.1. The van der Waals surface area contributed by atoms with Gasteiger partial charge in [-0.05, 0) is 49.9 Å². The summed E-state index contributed by atoms with van der Waals surface area (Å²) in [6, 6.07) is 7.65. The van der Waals surface area contributed by atoms with Crippen molar-refractivity contribution in [3.05, 3.63) is 59.3 Å². The largest absolute Gasteiger partial charge is 0.396 e. The second kappa shape index (κ2) is 10.1. The molecule has 38 heavy (non-hydrogen) atoms. The molecule has 0 unspecified atom stereocenters. The number of hydrogen-bond donors (Lipinski definition) is 5. The molecule has 2 aliphatic carbocycles. The van der Waals surface area contributed by atoms with E-state index < -0.39 is 24.2 Å². The van der Waals surface area contributed by atoms with E-state index in [4.69, 9.17) is 9.97 Å². The normalized spacial score (nSPS) is 23.2. The highest BCUT2D eigenvalue weighted by atomic mass is 32.1. The average Bonchev–Trinajstić information content (AvgIpc) is 3.61. The van der Waals surface area contributed by atoms with Crippen molar-refractivity contribution < 1.29 is 19.7 Å². The zero-order chi connectivity index (χ0) is 26.4. The quantitative estimate of drug-likeness (QED) is 0.229. The Morgan fingerprint density at radius 3 is 2.55 bits per heavy atom. The van der Waals surface area contributed by atoms with Gasteiger partial charge < -0.3 is 26.0 Å². The first-order chi connectivity index (χ1) is 18.4. The number of pyridine rings is 1. The monoisotopic (exact) mass is 536 g/mol. The predicted molar refractivity (Wildman–Crippen MR) is 143 cm³/mol. The van der Waals surface area contributed by atoms with Crippen molar-refractivity contribution in [1.29, 1.82) is 0 Å². The molecule has 3 aromatic heterocycles. The summed E-state index contributed by atoms with van der Waals surface area (Å²) in [7, 11) is 0. The van der Waals surface area contributed by atoms with Crippen molar-refractivity contribution >= 4 is 33.3 Å². The lowest BCUT2D eigenvalue weighted by Gasteiger charge is -2.21. The van der Waals surface area contributed by atoms with Gasteiger partial charge in [-0.2, -0.15) is 4.98 Å². The Labute approximate surface area is 222 Å². The summed E-state index contributed by atoms with van der Waals surface area (Å²) in [5.74, 6) is 0.568. The Bertz CT molecular complexity index is 1460. The van der Waals surface area contributed by atoms with E-state index in [-0.39, 0.29) is 12.4 Å². The van der Waals surface area contributed by atoms with Gasteiger partial charge >= 0.3 is 0 Å². The molecule has 0 amide bonds. The van der Waals surface area contributed by atoms with Gasteiger partial charge in [-0.15, -0.1) is 11.3 Å². The van der Waals surface area contributed by atoms with E-state index in [0.29, 0.717) is 36.3 Å². The van der Waals surface area contributed by atoms with Crippen LogP contribution in [0.4, 0.5) is 16.2 Å². The number of benzene rings is 1. The number of aliphatic hydroxyl groups is 3. The van der Waals surface area contributed by atoms with Crippen LogP contribution in [0, 0.1) is 18.7 Å². The number of aromatic nitrogens is 4. The van der Waals surface area contributed by atoms with Gasteiger partial charge in [-0.1, -0.05) is 12.1 Å². The summed E-state index contributed by atoms with van der Waals surface area (Å²) in [5, 5.41) is 38.0. The number of nitrogens with zero attached hydrogens (tertiary/aromatic N) is 4. The Morgan fingerprint density at radius 1 is 1.05 bits per heavy atom. The van der Waals surface area contributed by atoms with Crippen molar-refractivity contribution in [3.63, 3.8) is 0 Å². The Morgan fingerprint density at radius 2 is 1.84 bits per heavy atom. The standard InChI is InChI=1S/C27H29FN6O3S/c1-13-20(26-33-22-19(38-26)8-9-29-21(22)15-4-5-15)25(32-18-10-16(12-35)23(36)24(18)37)34-27(31-13)30-11-14-2-6-17(28)7-3-14/h2-3,6-9,15-16,18,23-24,35-37H,4-5,10-12H2,1H3,(H2,30,31,32,34)/t16-,18-,23-,24+/m1/s1. The maximum absolute atomic E-state index is 13.3. The molecule has 0 spiro atoms. The summed E-state index contributed by atoms with van der Waals surface area (Å²) in [4.78, 5) is 19.0. The van der Waals surface area contributed by atoms with Crippen LogP contribution in [-0.4, -0.2) is 60.1 Å². The molecule has 3 heterocycles. The summed E-state index contributed by atoms with van der Waals surface area (Å²) in [6.45, 7) is 2.06. The minimum atomic E-state index is -1.06. The van der Waals surface area contributed by atoms with Crippen LogP contribution in [0.3, 0.4) is 0 Å². The maximum Gasteiger partial charge on any atom is 0.225 e. The molecule has 198 valence electrons. The molecule has 2 fully saturated rings. The molecule has 9 nitrogen and oxygen atoms in total. The molecule has 0 aliphatic heterocycles. The number of fused-ring (bicyclic) bond motifs is 1. The van der Waals surface area contributed by atoms with E-state index in [0.717, 1.165) is 44.9 Å². The minimum Gasteiger partial charge on any atom is -0.396 e. The first kappa shape index (κ1) is 25.1. The third-order valence-corrected chi connectivity index (χ3v) is 8.36. The molecule has 6 rings (SSSR count). The molecule has 0 saturated heterocycles. The van der Waals surface area contributed by atoms with Crippen molar-refractivity contribution in [2.75, 3.05) is 17.2 Å². The molecular weight excluding hydrogens is 507 g/mol. The second-order valence-electron chi connectivity index (χ2n) is 10.1. The van der Waals surface area contributed by atoms with Gasteiger partial charge in [0.25, 0.3) is 0 Å². The molecule has 1 aromatic carbocycles. The fourth-order valence-electron chi connectivity index (χ4n) is 5.06. The van der Waals surface area contributed by atoms with Crippen LogP contribution in [-0.2, 0) is 6.54 Å². The Balaban J connectivity index is 1.37. The van der Waals surface area contributed by atoms with Gasteiger partial charge in [0, 0.05) is 31.2 Å². The zero-order valence-electron chi connectivity index (χ0n) is 20.8. The number of anilines is 2. The number of nitrogens with one attached hydrogen (secondary N) is 2. The van der Waals surface area contributed by atoms with Gasteiger partial charge in [0.15, 0.2) is 0 Å². The smallest absolute Gasteiger partial charge is 0.225 e. The lowest BCUT2D eigenvalue weighted by molar-refractivity contribution is 0.00446. The summed E-state index contributed by atoms with van der Waals surface area (Å²) in [5.41, 5.74) is 4.20. The number of aliphatic hydroxyl groups excluding tert-OH is 3. The van der Waals surface area contributed by atoms with Gasteiger partial charge in [0.2, 0.25) is 5.95 Å². The van der Waals surface area contributed by atoms with Gasteiger partial charge in [0.1, 0.15) is 28.3 Å². The van der Waals surface area contributed by atoms with E-state index in [1.165, 1.54) is 12.1 Å². The van der Waals surface area contributed by atoms with Crippen LogP contribution in [0.2, 0.25) is 0 Å². The molecule has 4 atom stereocenters. The fourth-order valence-corrected chi connectivity index (χ4v) is 6.12. The number of hydrogen-bond acceptors (Lipinski definition) is 10. The van der Waals surface area contributed by atoms with Crippen LogP contribution < -0.4 is 10.6 Å². The van der Waals surface area contributed by atoms with Crippen LogP contribution in [0.1, 0.15) is 42.1 Å². The number of rotatable bonds is 8. The first-order valence-electron chi connectivity index (χ1n) is 12.8. The van der Waals surface area contributed by atoms with E-state index in [1.807, 2.05) is 19.2 Å². The Kier molecular flexibility index (Phi) is 6.68. The highest BCUT2D eigenvalue weighted by molar-refractivity contribution is 7.21. The van der Waals surface area contributed by atoms with Crippen molar-refractivity contribution in [3.8, 4) is 10.6 Å².